The number of rotatable bonds is 8. The Kier molecular flexibility index (Phi) is 6.57. The average molecular weight is 432 g/mol. The molecule has 2 heterocycles. The van der Waals surface area contributed by atoms with Crippen LogP contribution in [0.5, 0.6) is 0 Å². The first kappa shape index (κ1) is 23.5. The molecule has 0 saturated carbocycles. The molecule has 0 bridgehead atoms. The molecule has 8 heteroatoms. The minimum absolute atomic E-state index is 0.127. The second-order valence-corrected chi connectivity index (χ2v) is 16.1. The van der Waals surface area contributed by atoms with Crippen molar-refractivity contribution in [2.24, 2.45) is 0 Å². The van der Waals surface area contributed by atoms with Crippen LogP contribution in [-0.2, 0) is 25.5 Å². The van der Waals surface area contributed by atoms with Crippen molar-refractivity contribution in [3.05, 3.63) is 24.0 Å². The van der Waals surface area contributed by atoms with Crippen LogP contribution in [0.2, 0.25) is 25.7 Å². The van der Waals surface area contributed by atoms with Gasteiger partial charge in [0.25, 0.3) is 0 Å². The molecule has 0 N–H and O–H groups in total. The Morgan fingerprint density at radius 2 is 1.77 bits per heavy atom. The molecule has 6 nitrogen and oxygen atoms in total. The van der Waals surface area contributed by atoms with E-state index < -0.39 is 15.2 Å². The highest BCUT2D eigenvalue weighted by molar-refractivity contribution is 6.76. The molecule has 0 amide bonds. The standard InChI is InChI=1S/C22H37BN2O4Si/c1-16(26-6)20-24-18-14-17(23-28-21(2,3)22(4,5)29-23)10-11-19(18)25(20)15-27-12-13-30(7,8)9/h10-11,14,16H,12-13,15H2,1-9H3. The number of fused-ring (bicyclic) bond motifs is 1. The Bertz CT molecular complexity index is 875. The molecule has 0 aliphatic carbocycles. The Morgan fingerprint density at radius 3 is 2.33 bits per heavy atom. The Labute approximate surface area is 182 Å². The number of aromatic nitrogens is 2. The van der Waals surface area contributed by atoms with Crippen LogP contribution in [0.15, 0.2) is 18.2 Å². The second-order valence-electron chi connectivity index (χ2n) is 10.5. The van der Waals surface area contributed by atoms with Gasteiger partial charge in [-0.25, -0.2) is 4.98 Å². The van der Waals surface area contributed by atoms with Gasteiger partial charge in [-0.2, -0.15) is 0 Å². The monoisotopic (exact) mass is 432 g/mol. The van der Waals surface area contributed by atoms with Crippen molar-refractivity contribution in [2.75, 3.05) is 13.7 Å². The van der Waals surface area contributed by atoms with Crippen LogP contribution in [0.3, 0.4) is 0 Å². The first-order chi connectivity index (χ1) is 13.8. The number of imidazole rings is 1. The van der Waals surface area contributed by atoms with Crippen molar-refractivity contribution < 1.29 is 18.8 Å². The molecule has 1 aromatic heterocycles. The highest BCUT2D eigenvalue weighted by Crippen LogP contribution is 2.36. The van der Waals surface area contributed by atoms with E-state index in [9.17, 15) is 0 Å². The van der Waals surface area contributed by atoms with Gasteiger partial charge >= 0.3 is 7.12 Å². The van der Waals surface area contributed by atoms with Gasteiger partial charge in [0.15, 0.2) is 0 Å². The fourth-order valence-electron chi connectivity index (χ4n) is 3.38. The zero-order valence-electron chi connectivity index (χ0n) is 20.0. The minimum atomic E-state index is -1.12. The van der Waals surface area contributed by atoms with E-state index in [0.717, 1.165) is 35.0 Å². The molecular formula is C22H37BN2O4Si. The molecule has 30 heavy (non-hydrogen) atoms. The minimum Gasteiger partial charge on any atom is -0.399 e. The summed E-state index contributed by atoms with van der Waals surface area (Å²) in [4.78, 5) is 4.87. The van der Waals surface area contributed by atoms with Gasteiger partial charge in [0, 0.05) is 21.8 Å². The predicted octanol–water partition coefficient (Wildman–Crippen LogP) is 4.36. The second kappa shape index (κ2) is 8.39. The highest BCUT2D eigenvalue weighted by Gasteiger charge is 2.51. The maximum atomic E-state index is 6.21. The number of hydrogen-bond donors (Lipinski definition) is 0. The fraction of sp³-hybridized carbons (Fsp3) is 0.682. The van der Waals surface area contributed by atoms with E-state index in [1.807, 2.05) is 6.92 Å². The molecule has 1 unspecified atom stereocenters. The lowest BCUT2D eigenvalue weighted by atomic mass is 9.79. The zero-order chi connectivity index (χ0) is 22.3. The van der Waals surface area contributed by atoms with E-state index in [0.29, 0.717) is 6.73 Å². The van der Waals surface area contributed by atoms with Crippen molar-refractivity contribution in [3.63, 3.8) is 0 Å². The molecule has 0 spiro atoms. The van der Waals surface area contributed by atoms with Crippen LogP contribution in [0, 0.1) is 0 Å². The maximum absolute atomic E-state index is 6.21. The predicted molar refractivity (Wildman–Crippen MR) is 125 cm³/mol. The van der Waals surface area contributed by atoms with E-state index in [4.69, 9.17) is 23.8 Å². The van der Waals surface area contributed by atoms with Gasteiger partial charge in [0.2, 0.25) is 0 Å². The van der Waals surface area contributed by atoms with E-state index in [-0.39, 0.29) is 17.3 Å². The van der Waals surface area contributed by atoms with Crippen molar-refractivity contribution in [2.45, 2.75) is 84.3 Å². The molecular weight excluding hydrogens is 395 g/mol. The molecule has 1 aliphatic heterocycles. The lowest BCUT2D eigenvalue weighted by Crippen LogP contribution is -2.41. The number of benzene rings is 1. The van der Waals surface area contributed by atoms with E-state index in [1.54, 1.807) is 7.11 Å². The Morgan fingerprint density at radius 1 is 1.13 bits per heavy atom. The topological polar surface area (TPSA) is 54.7 Å². The largest absolute Gasteiger partial charge is 0.494 e. The summed E-state index contributed by atoms with van der Waals surface area (Å²) in [5, 5.41) is 0. The summed E-state index contributed by atoms with van der Waals surface area (Å²) in [7, 11) is 0.179. The van der Waals surface area contributed by atoms with Crippen molar-refractivity contribution in [1.29, 1.82) is 0 Å². The SMILES string of the molecule is COC(C)c1nc2cc(B3OC(C)(C)C(C)(C)O3)ccc2n1COCC[Si](C)(C)C. The molecule has 1 aliphatic rings. The van der Waals surface area contributed by atoms with Crippen molar-refractivity contribution >= 4 is 31.7 Å². The normalized spacial score (nSPS) is 19.6. The quantitative estimate of drug-likeness (QED) is 0.459. The summed E-state index contributed by atoms with van der Waals surface area (Å²) in [5.41, 5.74) is 2.16. The Hall–Kier alpha value is -1.19. The summed E-state index contributed by atoms with van der Waals surface area (Å²) in [6.45, 7) is 18.6. The number of ether oxygens (including phenoxy) is 2. The molecule has 3 rings (SSSR count). The van der Waals surface area contributed by atoms with Crippen LogP contribution < -0.4 is 5.46 Å². The fourth-order valence-corrected chi connectivity index (χ4v) is 4.13. The van der Waals surface area contributed by atoms with Crippen LogP contribution >= 0.6 is 0 Å². The van der Waals surface area contributed by atoms with Gasteiger partial charge in [0.05, 0.1) is 22.2 Å². The lowest BCUT2D eigenvalue weighted by molar-refractivity contribution is 0.00578. The van der Waals surface area contributed by atoms with Gasteiger partial charge in [0.1, 0.15) is 18.7 Å². The Balaban J connectivity index is 1.87. The van der Waals surface area contributed by atoms with Crippen LogP contribution in [0.25, 0.3) is 11.0 Å². The first-order valence-corrected chi connectivity index (χ1v) is 14.5. The lowest BCUT2D eigenvalue weighted by Gasteiger charge is -2.32. The number of nitrogens with zero attached hydrogens (tertiary/aromatic N) is 2. The summed E-state index contributed by atoms with van der Waals surface area (Å²) >= 11 is 0. The van der Waals surface area contributed by atoms with Gasteiger partial charge < -0.3 is 23.3 Å². The van der Waals surface area contributed by atoms with E-state index in [2.05, 4.69) is 70.1 Å². The van der Waals surface area contributed by atoms with Crippen LogP contribution in [-0.4, -0.2) is 49.7 Å². The smallest absolute Gasteiger partial charge is 0.399 e. The average Bonchev–Trinajstić information content (AvgIpc) is 3.10. The molecule has 1 aromatic carbocycles. The first-order valence-electron chi connectivity index (χ1n) is 10.8. The number of methoxy groups -OCH3 is 1. The molecule has 2 aromatic rings. The van der Waals surface area contributed by atoms with E-state index >= 15 is 0 Å². The van der Waals surface area contributed by atoms with Gasteiger partial charge in [-0.3, -0.25) is 0 Å². The molecule has 166 valence electrons. The third kappa shape index (κ3) is 4.83. The van der Waals surface area contributed by atoms with Gasteiger partial charge in [-0.1, -0.05) is 25.7 Å². The maximum Gasteiger partial charge on any atom is 0.494 e. The molecule has 1 fully saturated rings. The third-order valence-electron chi connectivity index (χ3n) is 6.26. The summed E-state index contributed by atoms with van der Waals surface area (Å²) < 4.78 is 26.1. The van der Waals surface area contributed by atoms with Crippen molar-refractivity contribution in [1.82, 2.24) is 9.55 Å². The number of hydrogen-bond acceptors (Lipinski definition) is 5. The highest BCUT2D eigenvalue weighted by atomic mass is 28.3. The van der Waals surface area contributed by atoms with Crippen molar-refractivity contribution in [3.8, 4) is 0 Å². The molecule has 0 radical (unpaired) electrons. The van der Waals surface area contributed by atoms with Crippen LogP contribution in [0.1, 0.15) is 46.5 Å². The van der Waals surface area contributed by atoms with Crippen LogP contribution in [0.4, 0.5) is 0 Å². The summed E-state index contributed by atoms with van der Waals surface area (Å²) in [6.07, 6.45) is -0.127. The summed E-state index contributed by atoms with van der Waals surface area (Å²) in [5.74, 6) is 0.867. The van der Waals surface area contributed by atoms with Gasteiger partial charge in [-0.15, -0.1) is 0 Å². The molecule has 1 atom stereocenters. The molecule has 1 saturated heterocycles. The van der Waals surface area contributed by atoms with E-state index in [1.165, 1.54) is 0 Å². The summed E-state index contributed by atoms with van der Waals surface area (Å²) in [6, 6.07) is 7.34. The van der Waals surface area contributed by atoms with Gasteiger partial charge in [-0.05, 0) is 58.3 Å². The zero-order valence-corrected chi connectivity index (χ0v) is 21.0. The third-order valence-corrected chi connectivity index (χ3v) is 7.97.